The van der Waals surface area contributed by atoms with Crippen molar-refractivity contribution in [3.63, 3.8) is 0 Å². The van der Waals surface area contributed by atoms with Crippen molar-refractivity contribution in [2.45, 2.75) is 65.1 Å². The normalized spacial score (nSPS) is 17.2. The van der Waals surface area contributed by atoms with Crippen molar-refractivity contribution >= 4 is 6.09 Å². The summed E-state index contributed by atoms with van der Waals surface area (Å²) >= 11 is 0. The molecule has 0 spiro atoms. The Bertz CT molecular complexity index is 347. The van der Waals surface area contributed by atoms with E-state index in [0.29, 0.717) is 13.1 Å². The summed E-state index contributed by atoms with van der Waals surface area (Å²) in [6, 6.07) is 0. The molecule has 0 atom stereocenters. The molecule has 1 amide bonds. The summed E-state index contributed by atoms with van der Waals surface area (Å²) in [5.74, 6) is 0. The number of ether oxygens (including phenoxy) is 1. The number of nitrogens with zero attached hydrogens (tertiary/aromatic N) is 1. The predicted octanol–water partition coefficient (Wildman–Crippen LogP) is 3.10. The fourth-order valence-corrected chi connectivity index (χ4v) is 1.90. The lowest BCUT2D eigenvalue weighted by Gasteiger charge is -2.30. The first-order valence-electron chi connectivity index (χ1n) is 6.95. The molecule has 0 radical (unpaired) electrons. The highest BCUT2D eigenvalue weighted by atomic mass is 16.6. The number of hydrogen-bond acceptors (Lipinski definition) is 3. The zero-order valence-corrected chi connectivity index (χ0v) is 12.8. The fraction of sp³-hybridized carbons (Fsp3) is 0.800. The van der Waals surface area contributed by atoms with Crippen LogP contribution in [0.15, 0.2) is 11.6 Å². The Hall–Kier alpha value is -1.03. The molecule has 1 heterocycles. The molecule has 0 saturated carbocycles. The van der Waals surface area contributed by atoms with E-state index in [-0.39, 0.29) is 6.09 Å². The Morgan fingerprint density at radius 2 is 2.00 bits per heavy atom. The van der Waals surface area contributed by atoms with Crippen LogP contribution in [0.25, 0.3) is 0 Å². The summed E-state index contributed by atoms with van der Waals surface area (Å²) in [5.41, 5.74) is 0.257. The van der Waals surface area contributed by atoms with E-state index >= 15 is 0 Å². The minimum atomic E-state index is -0.622. The van der Waals surface area contributed by atoms with Crippen LogP contribution in [0.4, 0.5) is 4.79 Å². The Morgan fingerprint density at radius 1 is 1.37 bits per heavy atom. The number of amides is 1. The average Bonchev–Trinajstić information content (AvgIpc) is 2.23. The maximum Gasteiger partial charge on any atom is 0.410 e. The van der Waals surface area contributed by atoms with Crippen LogP contribution in [-0.2, 0) is 4.74 Å². The maximum atomic E-state index is 11.9. The van der Waals surface area contributed by atoms with Gasteiger partial charge in [-0.25, -0.2) is 4.79 Å². The van der Waals surface area contributed by atoms with E-state index in [1.807, 2.05) is 34.6 Å². The van der Waals surface area contributed by atoms with Gasteiger partial charge in [-0.15, -0.1) is 0 Å². The second kappa shape index (κ2) is 5.95. The first-order valence-corrected chi connectivity index (χ1v) is 6.95. The molecule has 0 aromatic carbocycles. The van der Waals surface area contributed by atoms with Gasteiger partial charge in [-0.05, 0) is 53.9 Å². The highest BCUT2D eigenvalue weighted by molar-refractivity contribution is 5.68. The van der Waals surface area contributed by atoms with E-state index < -0.39 is 11.2 Å². The van der Waals surface area contributed by atoms with Crippen molar-refractivity contribution in [1.29, 1.82) is 0 Å². The van der Waals surface area contributed by atoms with Crippen molar-refractivity contribution in [1.82, 2.24) is 4.90 Å². The van der Waals surface area contributed by atoms with Crippen LogP contribution in [0.2, 0.25) is 0 Å². The molecule has 0 unspecified atom stereocenters. The quantitative estimate of drug-likeness (QED) is 0.801. The van der Waals surface area contributed by atoms with Gasteiger partial charge in [0.2, 0.25) is 0 Å². The van der Waals surface area contributed by atoms with Crippen LogP contribution < -0.4 is 0 Å². The highest BCUT2D eigenvalue weighted by Gasteiger charge is 2.24. The summed E-state index contributed by atoms with van der Waals surface area (Å²) in [5, 5.41) is 9.70. The van der Waals surface area contributed by atoms with E-state index in [2.05, 4.69) is 6.08 Å². The number of carbonyl (C=O) groups excluding carboxylic acids is 1. The number of carbonyl (C=O) groups is 1. The minimum absolute atomic E-state index is 0.245. The van der Waals surface area contributed by atoms with Crippen LogP contribution in [0.1, 0.15) is 53.9 Å². The molecule has 4 heteroatoms. The molecule has 0 aliphatic carbocycles. The van der Waals surface area contributed by atoms with E-state index in [9.17, 15) is 9.90 Å². The van der Waals surface area contributed by atoms with Gasteiger partial charge in [-0.3, -0.25) is 0 Å². The topological polar surface area (TPSA) is 49.8 Å². The van der Waals surface area contributed by atoms with Crippen molar-refractivity contribution in [3.05, 3.63) is 11.6 Å². The molecular weight excluding hydrogens is 242 g/mol. The highest BCUT2D eigenvalue weighted by Crippen LogP contribution is 2.21. The monoisotopic (exact) mass is 269 g/mol. The summed E-state index contributed by atoms with van der Waals surface area (Å²) in [6.45, 7) is 10.6. The molecule has 0 aromatic rings. The number of aliphatic hydroxyl groups is 1. The SMILES string of the molecule is CC(C)(O)CCC1=CCN(C(=O)OC(C)(C)C)CC1. The van der Waals surface area contributed by atoms with Gasteiger partial charge in [0.05, 0.1) is 5.60 Å². The maximum absolute atomic E-state index is 11.9. The standard InChI is InChI=1S/C15H27NO3/c1-14(2,3)19-13(17)16-10-7-12(8-11-16)6-9-15(4,5)18/h7,18H,6,8-11H2,1-5H3. The van der Waals surface area contributed by atoms with Crippen LogP contribution in [0.5, 0.6) is 0 Å². The third-order valence-corrected chi connectivity index (χ3v) is 3.01. The van der Waals surface area contributed by atoms with Gasteiger partial charge in [0.1, 0.15) is 5.60 Å². The smallest absolute Gasteiger partial charge is 0.410 e. The van der Waals surface area contributed by atoms with Crippen LogP contribution >= 0.6 is 0 Å². The van der Waals surface area contributed by atoms with E-state index in [1.54, 1.807) is 4.90 Å². The van der Waals surface area contributed by atoms with E-state index in [0.717, 1.165) is 19.3 Å². The lowest BCUT2D eigenvalue weighted by Crippen LogP contribution is -2.39. The molecule has 1 N–H and O–H groups in total. The fourth-order valence-electron chi connectivity index (χ4n) is 1.90. The summed E-state index contributed by atoms with van der Waals surface area (Å²) in [6.07, 6.45) is 4.36. The lowest BCUT2D eigenvalue weighted by atomic mass is 9.96. The predicted molar refractivity (Wildman–Crippen MR) is 76.0 cm³/mol. The molecule has 1 aliphatic rings. The van der Waals surface area contributed by atoms with Crippen LogP contribution in [0, 0.1) is 0 Å². The Morgan fingerprint density at radius 3 is 2.42 bits per heavy atom. The molecule has 0 fully saturated rings. The summed E-state index contributed by atoms with van der Waals surface area (Å²) < 4.78 is 5.34. The zero-order valence-electron chi connectivity index (χ0n) is 12.8. The molecule has 19 heavy (non-hydrogen) atoms. The second-order valence-corrected chi connectivity index (χ2v) is 6.85. The molecule has 1 rings (SSSR count). The van der Waals surface area contributed by atoms with Crippen LogP contribution in [-0.4, -0.2) is 40.4 Å². The first kappa shape index (κ1) is 16.0. The van der Waals surface area contributed by atoms with Crippen LogP contribution in [0.3, 0.4) is 0 Å². The Labute approximate surface area is 116 Å². The molecule has 0 saturated heterocycles. The molecule has 110 valence electrons. The third-order valence-electron chi connectivity index (χ3n) is 3.01. The third kappa shape index (κ3) is 6.62. The van der Waals surface area contributed by atoms with Crippen molar-refractivity contribution in [2.24, 2.45) is 0 Å². The Kier molecular flexibility index (Phi) is 5.02. The molecule has 4 nitrogen and oxygen atoms in total. The van der Waals surface area contributed by atoms with E-state index in [1.165, 1.54) is 5.57 Å². The number of rotatable bonds is 3. The van der Waals surface area contributed by atoms with Gasteiger partial charge in [-0.1, -0.05) is 11.6 Å². The number of hydrogen-bond donors (Lipinski definition) is 1. The van der Waals surface area contributed by atoms with E-state index in [4.69, 9.17) is 4.74 Å². The minimum Gasteiger partial charge on any atom is -0.444 e. The van der Waals surface area contributed by atoms with Crippen molar-refractivity contribution in [3.8, 4) is 0 Å². The average molecular weight is 269 g/mol. The lowest BCUT2D eigenvalue weighted by molar-refractivity contribution is 0.0262. The van der Waals surface area contributed by atoms with Crippen molar-refractivity contribution < 1.29 is 14.6 Å². The zero-order chi connectivity index (χ0) is 14.7. The molecule has 0 aromatic heterocycles. The summed E-state index contributed by atoms with van der Waals surface area (Å²) in [4.78, 5) is 13.6. The largest absolute Gasteiger partial charge is 0.444 e. The Balaban J connectivity index is 2.43. The first-order chi connectivity index (χ1) is 8.57. The van der Waals surface area contributed by atoms with Gasteiger partial charge in [0.15, 0.2) is 0 Å². The van der Waals surface area contributed by atoms with Gasteiger partial charge >= 0.3 is 6.09 Å². The molecule has 0 bridgehead atoms. The van der Waals surface area contributed by atoms with Gasteiger partial charge in [0.25, 0.3) is 0 Å². The second-order valence-electron chi connectivity index (χ2n) is 6.85. The molecular formula is C15H27NO3. The van der Waals surface area contributed by atoms with Gasteiger partial charge in [-0.2, -0.15) is 0 Å². The van der Waals surface area contributed by atoms with Gasteiger partial charge in [0, 0.05) is 13.1 Å². The van der Waals surface area contributed by atoms with Crippen molar-refractivity contribution in [2.75, 3.05) is 13.1 Å². The molecule has 1 aliphatic heterocycles. The summed E-state index contributed by atoms with van der Waals surface area (Å²) in [7, 11) is 0. The van der Waals surface area contributed by atoms with Gasteiger partial charge < -0.3 is 14.7 Å².